The highest BCUT2D eigenvalue weighted by Gasteiger charge is 2.17. The number of carbonyl (C=O) groups is 2. The molecule has 144 valence electrons. The van der Waals surface area contributed by atoms with Gasteiger partial charge in [0.25, 0.3) is 0 Å². The maximum absolute atomic E-state index is 12.4. The Morgan fingerprint density at radius 2 is 1.68 bits per heavy atom. The minimum absolute atomic E-state index is 0.0674. The summed E-state index contributed by atoms with van der Waals surface area (Å²) >= 11 is 0. The highest BCUT2D eigenvalue weighted by molar-refractivity contribution is 5.97. The van der Waals surface area contributed by atoms with E-state index in [0.717, 1.165) is 11.1 Å². The lowest BCUT2D eigenvalue weighted by Crippen LogP contribution is -2.33. The van der Waals surface area contributed by atoms with Crippen molar-refractivity contribution in [2.45, 2.75) is 26.7 Å². The fourth-order valence-corrected chi connectivity index (χ4v) is 2.54. The Balaban J connectivity index is 1.59. The van der Waals surface area contributed by atoms with Crippen LogP contribution in [0, 0.1) is 5.92 Å². The third kappa shape index (κ3) is 4.40. The number of hydrogen-bond donors (Lipinski definition) is 2. The van der Waals surface area contributed by atoms with E-state index in [1.165, 1.54) is 0 Å². The van der Waals surface area contributed by atoms with Crippen LogP contribution in [0.2, 0.25) is 0 Å². The quantitative estimate of drug-likeness (QED) is 0.479. The van der Waals surface area contributed by atoms with Gasteiger partial charge in [-0.3, -0.25) is 20.0 Å². The number of anilines is 1. The molecule has 3 aromatic rings. The van der Waals surface area contributed by atoms with Crippen LogP contribution in [0.25, 0.3) is 11.4 Å². The summed E-state index contributed by atoms with van der Waals surface area (Å²) < 4.78 is 5.07. The zero-order valence-electron chi connectivity index (χ0n) is 15.8. The lowest BCUT2D eigenvalue weighted by Gasteiger charge is -2.13. The maximum Gasteiger partial charge on any atom is 0.340 e. The first-order chi connectivity index (χ1) is 13.5. The van der Waals surface area contributed by atoms with Gasteiger partial charge in [-0.25, -0.2) is 5.43 Å². The van der Waals surface area contributed by atoms with Crippen molar-refractivity contribution in [1.82, 2.24) is 20.6 Å². The van der Waals surface area contributed by atoms with Crippen molar-refractivity contribution < 1.29 is 14.1 Å². The molecule has 2 heterocycles. The predicted molar refractivity (Wildman–Crippen MR) is 103 cm³/mol. The number of rotatable bonds is 7. The van der Waals surface area contributed by atoms with Gasteiger partial charge in [-0.15, -0.1) is 0 Å². The van der Waals surface area contributed by atoms with Gasteiger partial charge in [-0.1, -0.05) is 43.3 Å². The molecular formula is C20H21N5O3. The summed E-state index contributed by atoms with van der Waals surface area (Å²) in [4.78, 5) is 32.5. The molecule has 8 heteroatoms. The maximum atomic E-state index is 12.4. The van der Waals surface area contributed by atoms with Gasteiger partial charge in [-0.2, -0.15) is 4.98 Å². The summed E-state index contributed by atoms with van der Waals surface area (Å²) in [5, 5.41) is 3.85. The number of aromatic nitrogens is 3. The van der Waals surface area contributed by atoms with Gasteiger partial charge >= 0.3 is 6.01 Å². The van der Waals surface area contributed by atoms with Crippen molar-refractivity contribution in [3.05, 3.63) is 59.9 Å². The molecule has 0 spiro atoms. The van der Waals surface area contributed by atoms with E-state index in [0.29, 0.717) is 11.4 Å². The summed E-state index contributed by atoms with van der Waals surface area (Å²) in [5.74, 6) is -0.309. The third-order valence-corrected chi connectivity index (χ3v) is 4.27. The molecule has 0 saturated heterocycles. The van der Waals surface area contributed by atoms with Crippen molar-refractivity contribution in [3.8, 4) is 11.4 Å². The summed E-state index contributed by atoms with van der Waals surface area (Å²) in [6.45, 7) is 5.48. The van der Waals surface area contributed by atoms with E-state index in [1.807, 2.05) is 13.8 Å². The molecule has 0 aliphatic carbocycles. The lowest BCUT2D eigenvalue weighted by molar-refractivity contribution is -0.121. The van der Waals surface area contributed by atoms with E-state index in [2.05, 4.69) is 26.0 Å². The molecule has 1 aromatic carbocycles. The molecular weight excluding hydrogens is 358 g/mol. The number of hydrazine groups is 1. The Morgan fingerprint density at radius 3 is 2.32 bits per heavy atom. The van der Waals surface area contributed by atoms with Crippen LogP contribution in [0.5, 0.6) is 0 Å². The Labute approximate surface area is 162 Å². The molecule has 3 rings (SSSR count). The van der Waals surface area contributed by atoms with Gasteiger partial charge in [-0.05, 0) is 24.6 Å². The average molecular weight is 379 g/mol. The van der Waals surface area contributed by atoms with E-state index in [-0.39, 0.29) is 23.6 Å². The number of benzene rings is 1. The largest absolute Gasteiger partial charge is 0.340 e. The monoisotopic (exact) mass is 379 g/mol. The topological polar surface area (TPSA) is 110 Å². The van der Waals surface area contributed by atoms with Crippen LogP contribution < -0.4 is 10.9 Å². The number of pyridine rings is 1. The van der Waals surface area contributed by atoms with Gasteiger partial charge in [0, 0.05) is 29.4 Å². The van der Waals surface area contributed by atoms with Gasteiger partial charge < -0.3 is 4.52 Å². The zero-order valence-corrected chi connectivity index (χ0v) is 15.8. The SMILES string of the molecule is CC(C)C(=O)c1ccc(C(C)C(=O)NNc2nc(-c3ccncc3)no2)cc1. The first-order valence-corrected chi connectivity index (χ1v) is 8.90. The second-order valence-corrected chi connectivity index (χ2v) is 6.64. The molecule has 0 fully saturated rings. The normalized spacial score (nSPS) is 11.9. The third-order valence-electron chi connectivity index (χ3n) is 4.27. The highest BCUT2D eigenvalue weighted by Crippen LogP contribution is 2.19. The van der Waals surface area contributed by atoms with Crippen LogP contribution in [-0.2, 0) is 4.79 Å². The second-order valence-electron chi connectivity index (χ2n) is 6.64. The fraction of sp³-hybridized carbons (Fsp3) is 0.250. The molecule has 2 aromatic heterocycles. The van der Waals surface area contributed by atoms with Crippen molar-refractivity contribution in [2.75, 3.05) is 5.43 Å². The summed E-state index contributed by atoms with van der Waals surface area (Å²) in [6, 6.07) is 10.6. The molecule has 28 heavy (non-hydrogen) atoms. The molecule has 8 nitrogen and oxygen atoms in total. The van der Waals surface area contributed by atoms with Crippen LogP contribution in [0.15, 0.2) is 53.3 Å². The molecule has 0 aliphatic heterocycles. The van der Waals surface area contributed by atoms with Crippen molar-refractivity contribution in [3.63, 3.8) is 0 Å². The number of Topliss-reactive ketones (excluding diaryl/α,β-unsaturated/α-hetero) is 1. The van der Waals surface area contributed by atoms with Gasteiger partial charge in [0.15, 0.2) is 5.78 Å². The van der Waals surface area contributed by atoms with Gasteiger partial charge in [0.05, 0.1) is 5.92 Å². The Kier molecular flexibility index (Phi) is 5.78. The van der Waals surface area contributed by atoms with Crippen LogP contribution in [0.3, 0.4) is 0 Å². The number of carbonyl (C=O) groups excluding carboxylic acids is 2. The molecule has 0 radical (unpaired) electrons. The molecule has 0 aliphatic rings. The summed E-state index contributed by atoms with van der Waals surface area (Å²) in [5.41, 5.74) is 7.36. The van der Waals surface area contributed by atoms with Gasteiger partial charge in [0.1, 0.15) is 0 Å². The first-order valence-electron chi connectivity index (χ1n) is 8.90. The standard InChI is InChI=1S/C20H21N5O3/c1-12(2)17(26)15-6-4-14(5-7-15)13(3)19(27)23-24-20-22-18(25-28-20)16-8-10-21-11-9-16/h4-13H,1-3H3,(H,23,27)(H,22,24,25). The first kappa shape index (κ1) is 19.2. The molecule has 1 unspecified atom stereocenters. The second kappa shape index (κ2) is 8.43. The minimum atomic E-state index is -0.432. The van der Waals surface area contributed by atoms with Crippen molar-refractivity contribution in [2.24, 2.45) is 5.92 Å². The lowest BCUT2D eigenvalue weighted by atomic mass is 9.95. The van der Waals surface area contributed by atoms with E-state index in [9.17, 15) is 9.59 Å². The van der Waals surface area contributed by atoms with E-state index < -0.39 is 5.92 Å². The highest BCUT2D eigenvalue weighted by atomic mass is 16.5. The van der Waals surface area contributed by atoms with E-state index in [4.69, 9.17) is 4.52 Å². The summed E-state index contributed by atoms with van der Waals surface area (Å²) in [7, 11) is 0. The number of ketones is 1. The minimum Gasteiger partial charge on any atom is -0.313 e. The molecule has 2 N–H and O–H groups in total. The van der Waals surface area contributed by atoms with Crippen LogP contribution >= 0.6 is 0 Å². The zero-order chi connectivity index (χ0) is 20.1. The van der Waals surface area contributed by atoms with Crippen LogP contribution in [0.4, 0.5) is 6.01 Å². The molecule has 0 saturated carbocycles. The molecule has 1 atom stereocenters. The number of amides is 1. The number of nitrogens with one attached hydrogen (secondary N) is 2. The fourth-order valence-electron chi connectivity index (χ4n) is 2.54. The smallest absolute Gasteiger partial charge is 0.313 e. The number of hydrogen-bond acceptors (Lipinski definition) is 7. The number of nitrogens with zero attached hydrogens (tertiary/aromatic N) is 3. The van der Waals surface area contributed by atoms with Crippen LogP contribution in [0.1, 0.15) is 42.6 Å². The van der Waals surface area contributed by atoms with Crippen molar-refractivity contribution >= 4 is 17.7 Å². The Bertz CT molecular complexity index is 951. The van der Waals surface area contributed by atoms with Crippen LogP contribution in [-0.4, -0.2) is 26.8 Å². The molecule has 1 amide bonds. The Hall–Kier alpha value is -3.55. The average Bonchev–Trinajstić information content (AvgIpc) is 3.20. The Morgan fingerprint density at radius 1 is 1.00 bits per heavy atom. The van der Waals surface area contributed by atoms with E-state index in [1.54, 1.807) is 55.7 Å². The summed E-state index contributed by atoms with van der Waals surface area (Å²) in [6.07, 6.45) is 3.25. The van der Waals surface area contributed by atoms with Crippen molar-refractivity contribution in [1.29, 1.82) is 0 Å². The van der Waals surface area contributed by atoms with Gasteiger partial charge in [0.2, 0.25) is 11.7 Å². The molecule has 0 bridgehead atoms. The van der Waals surface area contributed by atoms with E-state index >= 15 is 0 Å². The predicted octanol–water partition coefficient (Wildman–Crippen LogP) is 3.22.